The Morgan fingerprint density at radius 3 is 2.50 bits per heavy atom. The summed E-state index contributed by atoms with van der Waals surface area (Å²) in [5.41, 5.74) is 0.879. The zero-order chi connectivity index (χ0) is 11.8. The average molecular weight is 233 g/mol. The van der Waals surface area contributed by atoms with E-state index in [0.29, 0.717) is 0 Å². The molecule has 16 heavy (non-hydrogen) atoms. The molecule has 0 aliphatic heterocycles. The maximum atomic E-state index is 12.4. The first-order valence-corrected chi connectivity index (χ1v) is 6.79. The largest absolute Gasteiger partial charge is 0.321 e. The van der Waals surface area contributed by atoms with E-state index in [9.17, 15) is 4.57 Å². The molecule has 0 saturated heterocycles. The lowest BCUT2D eigenvalue weighted by Crippen LogP contribution is -2.15. The molecule has 0 radical (unpaired) electrons. The third kappa shape index (κ3) is 2.03. The van der Waals surface area contributed by atoms with Crippen LogP contribution in [0.25, 0.3) is 10.9 Å². The van der Waals surface area contributed by atoms with Gasteiger partial charge in [-0.25, -0.2) is 0 Å². The van der Waals surface area contributed by atoms with Crippen molar-refractivity contribution in [3.8, 4) is 0 Å². The summed E-state index contributed by atoms with van der Waals surface area (Å²) in [4.78, 5) is 4.34. The molecular formula is C13H16NOP. The number of para-hydroxylation sites is 1. The van der Waals surface area contributed by atoms with Crippen molar-refractivity contribution in [1.29, 1.82) is 0 Å². The van der Waals surface area contributed by atoms with E-state index in [2.05, 4.69) is 4.98 Å². The van der Waals surface area contributed by atoms with E-state index >= 15 is 0 Å². The third-order valence-corrected chi connectivity index (χ3v) is 4.81. The molecule has 2 rings (SSSR count). The standard InChI is InChI=1S/C13H16NOP/c1-13(2,3)16(15)11-8-4-6-10-7-5-9-14-12(10)11/h4-9,16H,1-3H3. The van der Waals surface area contributed by atoms with E-state index < -0.39 is 7.80 Å². The summed E-state index contributed by atoms with van der Waals surface area (Å²) < 4.78 is 12.4. The van der Waals surface area contributed by atoms with Crippen LogP contribution >= 0.6 is 7.80 Å². The summed E-state index contributed by atoms with van der Waals surface area (Å²) in [6.07, 6.45) is 1.75. The van der Waals surface area contributed by atoms with Gasteiger partial charge in [0.25, 0.3) is 0 Å². The van der Waals surface area contributed by atoms with Crippen LogP contribution in [0, 0.1) is 0 Å². The predicted octanol–water partition coefficient (Wildman–Crippen LogP) is 3.22. The molecule has 1 aromatic heterocycles. The normalized spacial score (nSPS) is 13.9. The van der Waals surface area contributed by atoms with E-state index in [1.165, 1.54) is 0 Å². The van der Waals surface area contributed by atoms with Crippen molar-refractivity contribution in [3.63, 3.8) is 0 Å². The molecule has 0 amide bonds. The Bertz CT molecular complexity index is 538. The second-order valence-electron chi connectivity index (χ2n) is 4.96. The van der Waals surface area contributed by atoms with Gasteiger partial charge in [0, 0.05) is 22.0 Å². The van der Waals surface area contributed by atoms with Crippen molar-refractivity contribution < 1.29 is 4.57 Å². The number of aromatic nitrogens is 1. The number of hydrogen-bond acceptors (Lipinski definition) is 2. The van der Waals surface area contributed by atoms with Crippen molar-refractivity contribution in [2.75, 3.05) is 0 Å². The zero-order valence-corrected chi connectivity index (χ0v) is 10.8. The molecule has 0 fully saturated rings. The number of hydrogen-bond donors (Lipinski definition) is 0. The lowest BCUT2D eigenvalue weighted by atomic mass is 10.2. The van der Waals surface area contributed by atoms with Gasteiger partial charge in [0.15, 0.2) is 0 Å². The average Bonchev–Trinajstić information content (AvgIpc) is 2.26. The fraction of sp³-hybridized carbons (Fsp3) is 0.308. The summed E-state index contributed by atoms with van der Waals surface area (Å²) in [6, 6.07) is 9.79. The Balaban J connectivity index is 2.66. The summed E-state index contributed by atoms with van der Waals surface area (Å²) in [7, 11) is -1.82. The molecule has 3 heteroatoms. The topological polar surface area (TPSA) is 30.0 Å². The van der Waals surface area contributed by atoms with Gasteiger partial charge in [-0.2, -0.15) is 0 Å². The highest BCUT2D eigenvalue weighted by atomic mass is 31.1. The molecule has 0 aliphatic carbocycles. The van der Waals surface area contributed by atoms with Crippen LogP contribution in [0.1, 0.15) is 20.8 Å². The monoisotopic (exact) mass is 233 g/mol. The SMILES string of the molecule is CC(C)(C)[P@@H](=O)c1cccc2cccnc12. The molecule has 0 aliphatic rings. The summed E-state index contributed by atoms with van der Waals surface area (Å²) in [6.45, 7) is 6.03. The van der Waals surface area contributed by atoms with Gasteiger partial charge in [-0.05, 0) is 12.1 Å². The quantitative estimate of drug-likeness (QED) is 0.708. The maximum absolute atomic E-state index is 12.4. The van der Waals surface area contributed by atoms with Gasteiger partial charge in [0.2, 0.25) is 0 Å². The van der Waals surface area contributed by atoms with Gasteiger partial charge in [-0.3, -0.25) is 4.98 Å². The number of fused-ring (bicyclic) bond motifs is 1. The Morgan fingerprint density at radius 1 is 1.12 bits per heavy atom. The van der Waals surface area contributed by atoms with Crippen LogP contribution in [-0.2, 0) is 4.57 Å². The smallest absolute Gasteiger partial charge is 0.111 e. The minimum atomic E-state index is -1.82. The first kappa shape index (κ1) is 11.3. The maximum Gasteiger partial charge on any atom is 0.111 e. The summed E-state index contributed by atoms with van der Waals surface area (Å²) in [5, 5.41) is 1.77. The molecule has 0 bridgehead atoms. The van der Waals surface area contributed by atoms with Crippen LogP contribution in [0.2, 0.25) is 0 Å². The molecular weight excluding hydrogens is 217 g/mol. The molecule has 0 saturated carbocycles. The van der Waals surface area contributed by atoms with E-state index in [4.69, 9.17) is 0 Å². The summed E-state index contributed by atoms with van der Waals surface area (Å²) in [5.74, 6) is 0. The van der Waals surface area contributed by atoms with Crippen LogP contribution in [-0.4, -0.2) is 10.1 Å². The number of benzene rings is 1. The number of pyridine rings is 1. The third-order valence-electron chi connectivity index (χ3n) is 2.56. The minimum Gasteiger partial charge on any atom is -0.321 e. The second-order valence-corrected chi connectivity index (χ2v) is 7.66. The van der Waals surface area contributed by atoms with Gasteiger partial charge < -0.3 is 4.57 Å². The van der Waals surface area contributed by atoms with Gasteiger partial charge >= 0.3 is 0 Å². The van der Waals surface area contributed by atoms with E-state index in [-0.39, 0.29) is 5.16 Å². The highest BCUT2D eigenvalue weighted by molar-refractivity contribution is 7.55. The molecule has 2 aromatic rings. The van der Waals surface area contributed by atoms with Crippen molar-refractivity contribution in [2.45, 2.75) is 25.9 Å². The molecule has 0 spiro atoms. The van der Waals surface area contributed by atoms with Crippen molar-refractivity contribution in [3.05, 3.63) is 36.5 Å². The predicted molar refractivity (Wildman–Crippen MR) is 70.1 cm³/mol. The first-order chi connectivity index (χ1) is 7.50. The minimum absolute atomic E-state index is 0.184. The lowest BCUT2D eigenvalue weighted by Gasteiger charge is -2.18. The Labute approximate surface area is 96.5 Å². The van der Waals surface area contributed by atoms with Crippen LogP contribution < -0.4 is 5.30 Å². The van der Waals surface area contributed by atoms with Gasteiger partial charge in [-0.15, -0.1) is 0 Å². The van der Waals surface area contributed by atoms with Crippen LogP contribution in [0.5, 0.6) is 0 Å². The summed E-state index contributed by atoms with van der Waals surface area (Å²) >= 11 is 0. The lowest BCUT2D eigenvalue weighted by molar-refractivity contribution is 0.572. The van der Waals surface area contributed by atoms with Crippen LogP contribution in [0.4, 0.5) is 0 Å². The second kappa shape index (κ2) is 4.03. The Kier molecular flexibility index (Phi) is 2.86. The zero-order valence-electron chi connectivity index (χ0n) is 9.82. The van der Waals surface area contributed by atoms with Crippen molar-refractivity contribution in [1.82, 2.24) is 4.98 Å². The molecule has 0 unspecified atom stereocenters. The molecule has 1 aromatic carbocycles. The molecule has 1 heterocycles. The van der Waals surface area contributed by atoms with Crippen molar-refractivity contribution in [2.24, 2.45) is 0 Å². The van der Waals surface area contributed by atoms with Gasteiger partial charge in [0.1, 0.15) is 7.80 Å². The fourth-order valence-electron chi connectivity index (χ4n) is 1.69. The van der Waals surface area contributed by atoms with Gasteiger partial charge in [0.05, 0.1) is 5.52 Å². The fourth-order valence-corrected chi connectivity index (χ4v) is 3.17. The molecule has 1 atom stereocenters. The van der Waals surface area contributed by atoms with E-state index in [1.54, 1.807) is 6.20 Å². The van der Waals surface area contributed by atoms with Gasteiger partial charge in [-0.1, -0.05) is 39.0 Å². The highest BCUT2D eigenvalue weighted by Gasteiger charge is 2.22. The van der Waals surface area contributed by atoms with Crippen LogP contribution in [0.3, 0.4) is 0 Å². The molecule has 84 valence electrons. The van der Waals surface area contributed by atoms with E-state index in [1.807, 2.05) is 51.1 Å². The molecule has 0 N–H and O–H groups in total. The van der Waals surface area contributed by atoms with E-state index in [0.717, 1.165) is 16.2 Å². The Morgan fingerprint density at radius 2 is 1.81 bits per heavy atom. The highest BCUT2D eigenvalue weighted by Crippen LogP contribution is 2.38. The first-order valence-electron chi connectivity index (χ1n) is 5.39. The number of nitrogens with zero attached hydrogens (tertiary/aromatic N) is 1. The molecule has 2 nitrogen and oxygen atoms in total. The van der Waals surface area contributed by atoms with Crippen LogP contribution in [0.15, 0.2) is 36.5 Å². The number of rotatable bonds is 1. The van der Waals surface area contributed by atoms with Crippen molar-refractivity contribution >= 4 is 24.0 Å². The Hall–Kier alpha value is -1.14.